The smallest absolute Gasteiger partial charge is 0.276 e. The third-order valence-electron chi connectivity index (χ3n) is 7.24. The molecule has 1 saturated heterocycles. The van der Waals surface area contributed by atoms with Crippen molar-refractivity contribution in [3.8, 4) is 16.9 Å². The van der Waals surface area contributed by atoms with Crippen molar-refractivity contribution in [2.45, 2.75) is 60.0 Å². The van der Waals surface area contributed by atoms with Gasteiger partial charge in [-0.2, -0.15) is 5.10 Å². The second-order valence-corrected chi connectivity index (χ2v) is 11.6. The lowest BCUT2D eigenvalue weighted by Crippen LogP contribution is -2.48. The van der Waals surface area contributed by atoms with Crippen molar-refractivity contribution < 1.29 is 4.79 Å². The van der Waals surface area contributed by atoms with Gasteiger partial charge in [-0.05, 0) is 66.7 Å². The highest BCUT2D eigenvalue weighted by Crippen LogP contribution is 2.25. The summed E-state index contributed by atoms with van der Waals surface area (Å²) in [5, 5.41) is 16.2. The van der Waals surface area contributed by atoms with Crippen LogP contribution in [0, 0.1) is 13.8 Å². The molecule has 0 spiro atoms. The maximum atomic E-state index is 13.0. The minimum Gasteiger partial charge on any atom is -0.368 e. The van der Waals surface area contributed by atoms with Crippen LogP contribution in [0.15, 0.2) is 43.0 Å². The summed E-state index contributed by atoms with van der Waals surface area (Å²) in [4.78, 5) is 26.8. The molecule has 5 heterocycles. The zero-order valence-electron chi connectivity index (χ0n) is 24.4. The molecule has 1 aliphatic heterocycles. The predicted octanol–water partition coefficient (Wildman–Crippen LogP) is 4.08. The normalized spacial score (nSPS) is 14.7. The summed E-state index contributed by atoms with van der Waals surface area (Å²) >= 11 is 0. The van der Waals surface area contributed by atoms with Gasteiger partial charge < -0.3 is 10.2 Å². The van der Waals surface area contributed by atoms with E-state index in [9.17, 15) is 4.79 Å². The molecule has 1 N–H and O–H groups in total. The molecule has 0 bridgehead atoms. The van der Waals surface area contributed by atoms with E-state index in [-0.39, 0.29) is 11.4 Å². The van der Waals surface area contributed by atoms with Crippen LogP contribution in [0.5, 0.6) is 0 Å². The first-order chi connectivity index (χ1) is 19.0. The van der Waals surface area contributed by atoms with Crippen molar-refractivity contribution >= 4 is 17.3 Å². The van der Waals surface area contributed by atoms with Gasteiger partial charge in [-0.1, -0.05) is 5.21 Å². The number of carbonyl (C=O) groups is 1. The second-order valence-electron chi connectivity index (χ2n) is 11.6. The molecule has 0 saturated carbocycles. The lowest BCUT2D eigenvalue weighted by Gasteiger charge is -2.38. The zero-order valence-corrected chi connectivity index (χ0v) is 24.4. The van der Waals surface area contributed by atoms with Gasteiger partial charge in [0.2, 0.25) is 0 Å². The Labute approximate surface area is 235 Å². The highest BCUT2D eigenvalue weighted by Gasteiger charge is 2.22. The van der Waals surface area contributed by atoms with Crippen LogP contribution >= 0.6 is 0 Å². The maximum Gasteiger partial charge on any atom is 0.276 e. The third kappa shape index (κ3) is 5.74. The molecule has 0 aliphatic carbocycles. The van der Waals surface area contributed by atoms with Gasteiger partial charge in [-0.3, -0.25) is 24.3 Å². The minimum absolute atomic E-state index is 0.218. The van der Waals surface area contributed by atoms with E-state index in [1.807, 2.05) is 43.2 Å². The predicted molar refractivity (Wildman–Crippen MR) is 156 cm³/mol. The van der Waals surface area contributed by atoms with Gasteiger partial charge in [0.25, 0.3) is 5.91 Å². The molecule has 11 nitrogen and oxygen atoms in total. The van der Waals surface area contributed by atoms with E-state index in [4.69, 9.17) is 0 Å². The van der Waals surface area contributed by atoms with Crippen molar-refractivity contribution in [2.75, 3.05) is 36.4 Å². The monoisotopic (exact) mass is 542 g/mol. The van der Waals surface area contributed by atoms with E-state index in [0.29, 0.717) is 23.1 Å². The number of rotatable bonds is 6. The molecule has 1 aliphatic rings. The molecule has 0 unspecified atom stereocenters. The van der Waals surface area contributed by atoms with E-state index < -0.39 is 0 Å². The number of nitrogens with zero attached hydrogens (tertiary/aromatic N) is 9. The lowest BCUT2D eigenvalue weighted by molar-refractivity contribution is 0.102. The van der Waals surface area contributed by atoms with Gasteiger partial charge in [-0.25, -0.2) is 4.68 Å². The standard InChI is InChI=1S/C29H38N10O/c1-19(2)36-8-10-37(11-9-36)24-13-22(15-30-17-24)26-18-38(35-33-26)27-14-23(16-31-21(27)4)32-28(40)25-12-20(3)39(34-25)29(5,6)7/h12-19H,8-11H2,1-7H3,(H,32,40). The maximum absolute atomic E-state index is 13.0. The Morgan fingerprint density at radius 3 is 2.42 bits per heavy atom. The average molecular weight is 543 g/mol. The first kappa shape index (κ1) is 27.4. The second kappa shape index (κ2) is 10.8. The van der Waals surface area contributed by atoms with Crippen LogP contribution < -0.4 is 10.2 Å². The van der Waals surface area contributed by atoms with E-state index >= 15 is 0 Å². The van der Waals surface area contributed by atoms with Crippen LogP contribution in [0.25, 0.3) is 16.9 Å². The van der Waals surface area contributed by atoms with Crippen LogP contribution in [-0.4, -0.2) is 77.8 Å². The van der Waals surface area contributed by atoms with Crippen molar-refractivity contribution in [1.29, 1.82) is 0 Å². The quantitative estimate of drug-likeness (QED) is 0.388. The Morgan fingerprint density at radius 2 is 1.75 bits per heavy atom. The van der Waals surface area contributed by atoms with E-state index in [2.05, 4.69) is 81.2 Å². The molecule has 4 aromatic heterocycles. The van der Waals surface area contributed by atoms with Crippen LogP contribution in [-0.2, 0) is 5.54 Å². The van der Waals surface area contributed by atoms with Crippen molar-refractivity contribution in [1.82, 2.24) is 39.6 Å². The Kier molecular flexibility index (Phi) is 7.41. The number of nitrogens with one attached hydrogen (secondary N) is 1. The van der Waals surface area contributed by atoms with Crippen LogP contribution in [0.4, 0.5) is 11.4 Å². The summed E-state index contributed by atoms with van der Waals surface area (Å²) in [5.41, 5.74) is 5.80. The third-order valence-corrected chi connectivity index (χ3v) is 7.24. The lowest BCUT2D eigenvalue weighted by atomic mass is 10.1. The number of hydrogen-bond donors (Lipinski definition) is 1. The Balaban J connectivity index is 1.33. The van der Waals surface area contributed by atoms with Gasteiger partial charge in [0.15, 0.2) is 5.69 Å². The summed E-state index contributed by atoms with van der Waals surface area (Å²) in [6.07, 6.45) is 7.21. The van der Waals surface area contributed by atoms with E-state index in [0.717, 1.165) is 54.5 Å². The van der Waals surface area contributed by atoms with Crippen molar-refractivity contribution in [3.63, 3.8) is 0 Å². The minimum atomic E-state index is -0.293. The van der Waals surface area contributed by atoms with Gasteiger partial charge in [0.1, 0.15) is 5.69 Å². The first-order valence-corrected chi connectivity index (χ1v) is 13.7. The highest BCUT2D eigenvalue weighted by atomic mass is 16.2. The molecule has 210 valence electrons. The van der Waals surface area contributed by atoms with Crippen LogP contribution in [0.3, 0.4) is 0 Å². The summed E-state index contributed by atoms with van der Waals surface area (Å²) in [5.74, 6) is -0.293. The number of amides is 1. The van der Waals surface area contributed by atoms with Gasteiger partial charge >= 0.3 is 0 Å². The fraction of sp³-hybridized carbons (Fsp3) is 0.448. The zero-order chi connectivity index (χ0) is 28.6. The molecule has 0 radical (unpaired) electrons. The topological polar surface area (TPSA) is 110 Å². The largest absolute Gasteiger partial charge is 0.368 e. The number of piperazine rings is 1. The molecule has 40 heavy (non-hydrogen) atoms. The first-order valence-electron chi connectivity index (χ1n) is 13.7. The Morgan fingerprint density at radius 1 is 1.00 bits per heavy atom. The number of anilines is 2. The Hall–Kier alpha value is -4.12. The molecule has 0 aromatic carbocycles. The molecular formula is C29H38N10O. The summed E-state index contributed by atoms with van der Waals surface area (Å²) < 4.78 is 3.53. The molecule has 1 fully saturated rings. The van der Waals surface area contributed by atoms with Crippen molar-refractivity contribution in [3.05, 3.63) is 60.1 Å². The van der Waals surface area contributed by atoms with Gasteiger partial charge in [-0.15, -0.1) is 5.10 Å². The van der Waals surface area contributed by atoms with E-state index in [1.54, 1.807) is 16.9 Å². The molecule has 1 amide bonds. The Bertz CT molecular complexity index is 1510. The summed E-state index contributed by atoms with van der Waals surface area (Å²) in [6, 6.07) is 6.31. The highest BCUT2D eigenvalue weighted by molar-refractivity contribution is 6.03. The number of aryl methyl sites for hydroxylation is 2. The van der Waals surface area contributed by atoms with Gasteiger partial charge in [0, 0.05) is 49.7 Å². The summed E-state index contributed by atoms with van der Waals surface area (Å²) in [7, 11) is 0. The number of carbonyl (C=O) groups excluding carboxylic acids is 1. The SMILES string of the molecule is Cc1ncc(NC(=O)c2cc(C)n(C(C)(C)C)n2)cc1-n1cc(-c2cncc(N3CCN(C(C)C)CC3)c2)nn1. The number of pyridine rings is 2. The fourth-order valence-electron chi connectivity index (χ4n) is 5.03. The number of hydrogen-bond acceptors (Lipinski definition) is 8. The molecule has 0 atom stereocenters. The molecular weight excluding hydrogens is 504 g/mol. The van der Waals surface area contributed by atoms with Crippen molar-refractivity contribution in [2.24, 2.45) is 0 Å². The molecule has 11 heteroatoms. The number of aromatic nitrogens is 7. The molecule has 5 rings (SSSR count). The van der Waals surface area contributed by atoms with Crippen LogP contribution in [0.1, 0.15) is 56.5 Å². The fourth-order valence-corrected chi connectivity index (χ4v) is 5.03. The van der Waals surface area contributed by atoms with Gasteiger partial charge in [0.05, 0.1) is 46.9 Å². The van der Waals surface area contributed by atoms with Crippen LogP contribution in [0.2, 0.25) is 0 Å². The van der Waals surface area contributed by atoms with E-state index in [1.165, 1.54) is 0 Å². The molecule has 4 aromatic rings. The summed E-state index contributed by atoms with van der Waals surface area (Å²) in [6.45, 7) is 18.5. The average Bonchev–Trinajstić information content (AvgIpc) is 3.57.